The molecule has 0 radical (unpaired) electrons. The van der Waals surface area contributed by atoms with Crippen molar-refractivity contribution < 1.29 is 9.32 Å². The average Bonchev–Trinajstić information content (AvgIpc) is 3.21. The molecule has 0 atom stereocenters. The minimum atomic E-state index is -0.184. The lowest BCUT2D eigenvalue weighted by molar-refractivity contribution is 0.0679. The lowest BCUT2D eigenvalue weighted by atomic mass is 10.1. The van der Waals surface area contributed by atoms with Crippen LogP contribution in [0.5, 0.6) is 0 Å². The summed E-state index contributed by atoms with van der Waals surface area (Å²) in [7, 11) is 1.85. The van der Waals surface area contributed by atoms with Gasteiger partial charge in [0.2, 0.25) is 0 Å². The van der Waals surface area contributed by atoms with Crippen LogP contribution >= 0.6 is 11.6 Å². The highest BCUT2D eigenvalue weighted by atomic mass is 35.5. The van der Waals surface area contributed by atoms with Crippen molar-refractivity contribution in [3.05, 3.63) is 59.0 Å². The molecule has 130 valence electrons. The highest BCUT2D eigenvalue weighted by Gasteiger charge is 2.23. The minimum absolute atomic E-state index is 0.0130. The van der Waals surface area contributed by atoms with Crippen molar-refractivity contribution in [2.75, 3.05) is 0 Å². The highest BCUT2D eigenvalue weighted by molar-refractivity contribution is 6.30. The molecule has 7 heteroatoms. The highest BCUT2D eigenvalue weighted by Crippen LogP contribution is 2.24. The van der Waals surface area contributed by atoms with Crippen LogP contribution in [-0.4, -0.2) is 31.8 Å². The Kier molecular flexibility index (Phi) is 4.90. The number of aryl methyl sites for hydroxylation is 1. The van der Waals surface area contributed by atoms with Gasteiger partial charge >= 0.3 is 0 Å². The van der Waals surface area contributed by atoms with Crippen molar-refractivity contribution in [2.24, 2.45) is 7.05 Å². The van der Waals surface area contributed by atoms with E-state index < -0.39 is 0 Å². The predicted molar refractivity (Wildman–Crippen MR) is 95.2 cm³/mol. The van der Waals surface area contributed by atoms with Gasteiger partial charge in [-0.25, -0.2) is 0 Å². The number of hydrogen-bond acceptors (Lipinski definition) is 4. The summed E-state index contributed by atoms with van der Waals surface area (Å²) in [5.41, 5.74) is 2.01. The van der Waals surface area contributed by atoms with E-state index in [-0.39, 0.29) is 17.6 Å². The smallest absolute Gasteiger partial charge is 0.276 e. The van der Waals surface area contributed by atoms with Crippen LogP contribution in [0.2, 0.25) is 5.02 Å². The molecule has 0 fully saturated rings. The first-order valence-corrected chi connectivity index (χ1v) is 8.33. The molecule has 25 heavy (non-hydrogen) atoms. The van der Waals surface area contributed by atoms with Crippen LogP contribution in [0.1, 0.15) is 29.9 Å². The topological polar surface area (TPSA) is 64.2 Å². The summed E-state index contributed by atoms with van der Waals surface area (Å²) >= 11 is 6.00. The maximum absolute atomic E-state index is 12.9. The Labute approximate surface area is 151 Å². The van der Waals surface area contributed by atoms with Crippen LogP contribution in [0, 0.1) is 0 Å². The molecule has 2 heterocycles. The van der Waals surface area contributed by atoms with Crippen molar-refractivity contribution in [2.45, 2.75) is 26.4 Å². The molecule has 0 saturated carbocycles. The number of aromatic nitrogens is 3. The van der Waals surface area contributed by atoms with Crippen LogP contribution in [0.15, 0.2) is 47.2 Å². The van der Waals surface area contributed by atoms with E-state index in [1.807, 2.05) is 39.2 Å². The molecule has 0 aliphatic heterocycles. The number of benzene rings is 1. The molecule has 0 unspecified atom stereocenters. The van der Waals surface area contributed by atoms with Gasteiger partial charge in [-0.3, -0.25) is 9.48 Å². The maximum Gasteiger partial charge on any atom is 0.276 e. The minimum Gasteiger partial charge on any atom is -0.355 e. The lowest BCUT2D eigenvalue weighted by Gasteiger charge is -2.25. The fourth-order valence-electron chi connectivity index (χ4n) is 2.54. The third kappa shape index (κ3) is 3.91. The van der Waals surface area contributed by atoms with E-state index in [0.29, 0.717) is 17.3 Å². The Bertz CT molecular complexity index is 885. The largest absolute Gasteiger partial charge is 0.355 e. The van der Waals surface area contributed by atoms with Gasteiger partial charge in [-0.15, -0.1) is 0 Å². The Hall–Kier alpha value is -2.60. The zero-order chi connectivity index (χ0) is 18.0. The zero-order valence-electron chi connectivity index (χ0n) is 14.3. The van der Waals surface area contributed by atoms with Crippen LogP contribution in [0.25, 0.3) is 11.3 Å². The number of carbonyl (C=O) groups excluding carboxylic acids is 1. The molecule has 2 aromatic heterocycles. The van der Waals surface area contributed by atoms with E-state index in [0.717, 1.165) is 11.1 Å². The van der Waals surface area contributed by atoms with Gasteiger partial charge in [0.15, 0.2) is 11.5 Å². The third-order valence-electron chi connectivity index (χ3n) is 3.83. The molecule has 0 saturated heterocycles. The van der Waals surface area contributed by atoms with Crippen LogP contribution in [0.3, 0.4) is 0 Å². The van der Waals surface area contributed by atoms with E-state index in [2.05, 4.69) is 10.3 Å². The third-order valence-corrected chi connectivity index (χ3v) is 4.07. The first-order chi connectivity index (χ1) is 11.9. The lowest BCUT2D eigenvalue weighted by Crippen LogP contribution is -2.36. The number of halogens is 1. The molecule has 1 amide bonds. The van der Waals surface area contributed by atoms with Gasteiger partial charge in [0.05, 0.1) is 6.20 Å². The Morgan fingerprint density at radius 1 is 1.36 bits per heavy atom. The molecule has 3 aromatic rings. The second-order valence-electron chi connectivity index (χ2n) is 6.14. The second-order valence-corrected chi connectivity index (χ2v) is 6.57. The molecule has 0 aliphatic rings. The molecule has 3 rings (SSSR count). The van der Waals surface area contributed by atoms with Gasteiger partial charge in [0, 0.05) is 48.0 Å². The Morgan fingerprint density at radius 3 is 2.80 bits per heavy atom. The summed E-state index contributed by atoms with van der Waals surface area (Å²) in [6.07, 6.45) is 3.64. The molecule has 6 nitrogen and oxygen atoms in total. The molecule has 1 aromatic carbocycles. The first-order valence-electron chi connectivity index (χ1n) is 7.95. The van der Waals surface area contributed by atoms with Crippen LogP contribution < -0.4 is 0 Å². The van der Waals surface area contributed by atoms with E-state index in [1.165, 1.54) is 0 Å². The average molecular weight is 359 g/mol. The zero-order valence-corrected chi connectivity index (χ0v) is 15.1. The van der Waals surface area contributed by atoms with Crippen molar-refractivity contribution in [1.29, 1.82) is 0 Å². The van der Waals surface area contributed by atoms with E-state index in [4.69, 9.17) is 16.1 Å². The maximum atomic E-state index is 12.9. The van der Waals surface area contributed by atoms with E-state index in [1.54, 1.807) is 34.0 Å². The first kappa shape index (κ1) is 17.2. The van der Waals surface area contributed by atoms with Crippen LogP contribution in [-0.2, 0) is 13.6 Å². The van der Waals surface area contributed by atoms with Gasteiger partial charge in [-0.05, 0) is 26.0 Å². The Morgan fingerprint density at radius 2 is 2.16 bits per heavy atom. The molecule has 0 N–H and O–H groups in total. The van der Waals surface area contributed by atoms with Crippen molar-refractivity contribution in [3.63, 3.8) is 0 Å². The Balaban J connectivity index is 1.83. The summed E-state index contributed by atoms with van der Waals surface area (Å²) in [6.45, 7) is 4.39. The normalized spacial score (nSPS) is 11.1. The van der Waals surface area contributed by atoms with Gasteiger partial charge in [-0.1, -0.05) is 28.9 Å². The summed E-state index contributed by atoms with van der Waals surface area (Å²) in [6, 6.07) is 8.89. The fourth-order valence-corrected chi connectivity index (χ4v) is 2.73. The number of carbonyl (C=O) groups is 1. The van der Waals surface area contributed by atoms with E-state index in [9.17, 15) is 4.79 Å². The van der Waals surface area contributed by atoms with Gasteiger partial charge in [-0.2, -0.15) is 5.10 Å². The van der Waals surface area contributed by atoms with Gasteiger partial charge in [0.1, 0.15) is 0 Å². The monoisotopic (exact) mass is 358 g/mol. The molecular weight excluding hydrogens is 340 g/mol. The predicted octanol–water partition coefficient (Wildman–Crippen LogP) is 3.78. The SMILES string of the molecule is CC(C)N(Cc1cnn(C)c1)C(=O)c1cc(-c2cccc(Cl)c2)on1. The van der Waals surface area contributed by atoms with E-state index >= 15 is 0 Å². The summed E-state index contributed by atoms with van der Waals surface area (Å²) in [5, 5.41) is 8.69. The second kappa shape index (κ2) is 7.11. The molecular formula is C18H19ClN4O2. The summed E-state index contributed by atoms with van der Waals surface area (Å²) < 4.78 is 7.05. The summed E-state index contributed by atoms with van der Waals surface area (Å²) in [5.74, 6) is 0.326. The van der Waals surface area contributed by atoms with Crippen molar-refractivity contribution in [1.82, 2.24) is 19.8 Å². The van der Waals surface area contributed by atoms with Crippen LogP contribution in [0.4, 0.5) is 0 Å². The van der Waals surface area contributed by atoms with Crippen molar-refractivity contribution >= 4 is 17.5 Å². The van der Waals surface area contributed by atoms with Crippen molar-refractivity contribution in [3.8, 4) is 11.3 Å². The van der Waals surface area contributed by atoms with Gasteiger partial charge in [0.25, 0.3) is 5.91 Å². The number of rotatable bonds is 5. The number of nitrogens with zero attached hydrogens (tertiary/aromatic N) is 4. The number of hydrogen-bond donors (Lipinski definition) is 0. The molecule has 0 spiro atoms. The standard InChI is InChI=1S/C18H19ClN4O2/c1-12(2)23(11-13-9-20-22(3)10-13)18(24)16-8-17(25-21-16)14-5-4-6-15(19)7-14/h4-10,12H,11H2,1-3H3. The summed E-state index contributed by atoms with van der Waals surface area (Å²) in [4.78, 5) is 14.6. The fraction of sp³-hybridized carbons (Fsp3) is 0.278. The number of amides is 1. The molecule has 0 bridgehead atoms. The quantitative estimate of drug-likeness (QED) is 0.696. The molecule has 0 aliphatic carbocycles. The van der Waals surface area contributed by atoms with Gasteiger partial charge < -0.3 is 9.42 Å².